The van der Waals surface area contributed by atoms with Crippen molar-refractivity contribution in [1.82, 2.24) is 5.32 Å². The van der Waals surface area contributed by atoms with E-state index < -0.39 is 0 Å². The van der Waals surface area contributed by atoms with Crippen molar-refractivity contribution in [2.24, 2.45) is 16.6 Å². The molecule has 6 nitrogen and oxygen atoms in total. The Bertz CT molecular complexity index is 492. The van der Waals surface area contributed by atoms with Gasteiger partial charge in [-0.2, -0.15) is 0 Å². The van der Waals surface area contributed by atoms with Gasteiger partial charge in [0.15, 0.2) is 17.5 Å². The predicted octanol–water partition coefficient (Wildman–Crippen LogP) is 2.52. The average Bonchev–Trinajstić information content (AvgIpc) is 2.57. The van der Waals surface area contributed by atoms with E-state index in [1.807, 2.05) is 18.2 Å². The summed E-state index contributed by atoms with van der Waals surface area (Å²) in [7, 11) is 3.21. The highest BCUT2D eigenvalue weighted by Crippen LogP contribution is 2.27. The second-order valence-corrected chi connectivity index (χ2v) is 5.44. The number of methoxy groups -OCH3 is 2. The van der Waals surface area contributed by atoms with Gasteiger partial charge >= 0.3 is 0 Å². The third kappa shape index (κ3) is 8.05. The molecule has 1 atom stereocenters. The normalized spacial score (nSPS) is 12.2. The van der Waals surface area contributed by atoms with Crippen LogP contribution in [0.4, 0.5) is 0 Å². The lowest BCUT2D eigenvalue weighted by molar-refractivity contribution is 0.251. The lowest BCUT2D eigenvalue weighted by Gasteiger charge is -2.16. The minimum absolute atomic E-state index is 0. The minimum atomic E-state index is 0. The van der Waals surface area contributed by atoms with Crippen LogP contribution in [0.15, 0.2) is 23.2 Å². The quantitative estimate of drug-likeness (QED) is 0.289. The highest BCUT2D eigenvalue weighted by molar-refractivity contribution is 14.0. The van der Waals surface area contributed by atoms with Crippen molar-refractivity contribution in [2.75, 3.05) is 27.4 Å². The second-order valence-electron chi connectivity index (χ2n) is 5.44. The number of nitrogens with one attached hydrogen (secondary N) is 1. The van der Waals surface area contributed by atoms with Crippen LogP contribution in [0.25, 0.3) is 0 Å². The number of hydrogen-bond acceptors (Lipinski definition) is 4. The molecule has 7 heteroatoms. The van der Waals surface area contributed by atoms with E-state index in [1.54, 1.807) is 14.2 Å². The van der Waals surface area contributed by atoms with E-state index >= 15 is 0 Å². The van der Waals surface area contributed by atoms with E-state index in [4.69, 9.17) is 20.3 Å². The fourth-order valence-electron chi connectivity index (χ4n) is 2.40. The summed E-state index contributed by atoms with van der Waals surface area (Å²) in [6.45, 7) is 3.54. The molecule has 1 aromatic rings. The number of hydrogen-bond donors (Lipinski definition) is 3. The number of guanidine groups is 1. The first-order valence-electron chi connectivity index (χ1n) is 8.00. The first kappa shape index (κ1) is 22.8. The second kappa shape index (κ2) is 13.1. The van der Waals surface area contributed by atoms with Crippen molar-refractivity contribution in [2.45, 2.75) is 32.7 Å². The average molecular weight is 451 g/mol. The number of halogens is 1. The molecule has 0 spiro atoms. The van der Waals surface area contributed by atoms with Crippen LogP contribution in [0.1, 0.15) is 31.7 Å². The van der Waals surface area contributed by atoms with Gasteiger partial charge in [0.1, 0.15) is 0 Å². The number of rotatable bonds is 10. The number of nitrogens with two attached hydrogens (primary N) is 1. The third-order valence-electron chi connectivity index (χ3n) is 3.69. The number of ether oxygens (including phenoxy) is 2. The number of benzene rings is 1. The van der Waals surface area contributed by atoms with E-state index in [-0.39, 0.29) is 30.6 Å². The molecule has 0 aliphatic heterocycles. The molecule has 0 aliphatic carbocycles. The molecule has 1 unspecified atom stereocenters. The van der Waals surface area contributed by atoms with Gasteiger partial charge in [0, 0.05) is 13.2 Å². The summed E-state index contributed by atoms with van der Waals surface area (Å²) in [5.74, 6) is 2.20. The molecule has 0 saturated heterocycles. The van der Waals surface area contributed by atoms with E-state index in [0.717, 1.165) is 31.4 Å². The molecule has 0 bridgehead atoms. The topological polar surface area (TPSA) is 89.1 Å². The molecule has 1 aromatic carbocycles. The summed E-state index contributed by atoms with van der Waals surface area (Å²) in [4.78, 5) is 4.34. The molecule has 0 aromatic heterocycles. The van der Waals surface area contributed by atoms with Crippen LogP contribution in [0.2, 0.25) is 0 Å². The Morgan fingerprint density at radius 1 is 1.25 bits per heavy atom. The van der Waals surface area contributed by atoms with Gasteiger partial charge in [0.2, 0.25) is 0 Å². The van der Waals surface area contributed by atoms with Crippen molar-refractivity contribution in [3.63, 3.8) is 0 Å². The van der Waals surface area contributed by atoms with Gasteiger partial charge in [-0.15, -0.1) is 24.0 Å². The molecule has 24 heavy (non-hydrogen) atoms. The van der Waals surface area contributed by atoms with Gasteiger partial charge in [-0.05, 0) is 36.5 Å². The number of aliphatic hydroxyl groups is 1. The number of aliphatic imine (C=N–C) groups is 1. The summed E-state index contributed by atoms with van der Waals surface area (Å²) >= 11 is 0. The highest BCUT2D eigenvalue weighted by atomic mass is 127. The van der Waals surface area contributed by atoms with Gasteiger partial charge in [-0.3, -0.25) is 0 Å². The van der Waals surface area contributed by atoms with E-state index in [2.05, 4.69) is 17.2 Å². The molecule has 0 heterocycles. The Hall–Kier alpha value is -1.22. The van der Waals surface area contributed by atoms with Crippen molar-refractivity contribution in [1.29, 1.82) is 0 Å². The highest BCUT2D eigenvalue weighted by Gasteiger charge is 2.07. The van der Waals surface area contributed by atoms with Crippen molar-refractivity contribution < 1.29 is 14.6 Å². The zero-order valence-corrected chi connectivity index (χ0v) is 17.1. The number of nitrogens with zero attached hydrogens (tertiary/aromatic N) is 1. The Labute approximate surface area is 161 Å². The van der Waals surface area contributed by atoms with Crippen LogP contribution in [0, 0.1) is 5.92 Å². The molecular formula is C17H30IN3O3. The Balaban J connectivity index is 0.00000529. The summed E-state index contributed by atoms with van der Waals surface area (Å²) in [6.07, 6.45) is 2.94. The minimum Gasteiger partial charge on any atom is -0.493 e. The third-order valence-corrected chi connectivity index (χ3v) is 3.69. The lowest BCUT2D eigenvalue weighted by atomic mass is 10.0. The van der Waals surface area contributed by atoms with Crippen molar-refractivity contribution in [3.8, 4) is 11.5 Å². The first-order chi connectivity index (χ1) is 11.1. The molecule has 1 rings (SSSR count). The molecule has 4 N–H and O–H groups in total. The van der Waals surface area contributed by atoms with Crippen LogP contribution in [-0.2, 0) is 6.54 Å². The number of aliphatic hydroxyl groups excluding tert-OH is 1. The zero-order valence-electron chi connectivity index (χ0n) is 14.7. The molecule has 138 valence electrons. The van der Waals surface area contributed by atoms with Crippen molar-refractivity contribution in [3.05, 3.63) is 23.8 Å². The molecule has 0 saturated carbocycles. The molecular weight excluding hydrogens is 421 g/mol. The Morgan fingerprint density at radius 2 is 1.96 bits per heavy atom. The summed E-state index contributed by atoms with van der Waals surface area (Å²) in [5, 5.41) is 12.2. The van der Waals surface area contributed by atoms with Crippen molar-refractivity contribution >= 4 is 29.9 Å². The summed E-state index contributed by atoms with van der Waals surface area (Å²) in [6, 6.07) is 5.68. The Morgan fingerprint density at radius 3 is 2.54 bits per heavy atom. The smallest absolute Gasteiger partial charge is 0.188 e. The first-order valence-corrected chi connectivity index (χ1v) is 8.00. The van der Waals surface area contributed by atoms with Crippen LogP contribution in [0.3, 0.4) is 0 Å². The van der Waals surface area contributed by atoms with Crippen LogP contribution in [0.5, 0.6) is 11.5 Å². The maximum absolute atomic E-state index is 9.06. The van der Waals surface area contributed by atoms with E-state index in [1.165, 1.54) is 0 Å². The largest absolute Gasteiger partial charge is 0.493 e. The fourth-order valence-corrected chi connectivity index (χ4v) is 2.40. The maximum atomic E-state index is 9.06. The maximum Gasteiger partial charge on any atom is 0.188 e. The van der Waals surface area contributed by atoms with Crippen LogP contribution < -0.4 is 20.5 Å². The summed E-state index contributed by atoms with van der Waals surface area (Å²) < 4.78 is 10.5. The monoisotopic (exact) mass is 451 g/mol. The SMILES string of the molecule is CCCC(CCO)CNC(N)=NCc1ccc(OC)c(OC)c1.I. The van der Waals surface area contributed by atoms with Gasteiger partial charge in [-0.1, -0.05) is 19.4 Å². The fraction of sp³-hybridized carbons (Fsp3) is 0.588. The lowest BCUT2D eigenvalue weighted by Crippen LogP contribution is -2.35. The molecule has 0 amide bonds. The van der Waals surface area contributed by atoms with Crippen LogP contribution >= 0.6 is 24.0 Å². The van der Waals surface area contributed by atoms with Gasteiger partial charge < -0.3 is 25.6 Å². The van der Waals surface area contributed by atoms with Crippen LogP contribution in [-0.4, -0.2) is 38.4 Å². The Kier molecular flexibility index (Phi) is 12.4. The predicted molar refractivity (Wildman–Crippen MR) is 108 cm³/mol. The zero-order chi connectivity index (χ0) is 17.1. The van der Waals surface area contributed by atoms with Gasteiger partial charge in [0.05, 0.1) is 20.8 Å². The van der Waals surface area contributed by atoms with Gasteiger partial charge in [-0.25, -0.2) is 4.99 Å². The van der Waals surface area contributed by atoms with E-state index in [0.29, 0.717) is 29.9 Å². The molecule has 0 radical (unpaired) electrons. The summed E-state index contributed by atoms with van der Waals surface area (Å²) in [5.41, 5.74) is 6.90. The van der Waals surface area contributed by atoms with Gasteiger partial charge in [0.25, 0.3) is 0 Å². The standard InChI is InChI=1S/C17H29N3O3.HI/c1-4-5-13(8-9-21)11-19-17(18)20-12-14-6-7-15(22-2)16(10-14)23-3;/h6-7,10,13,21H,4-5,8-9,11-12H2,1-3H3,(H3,18,19,20);1H. The van der Waals surface area contributed by atoms with E-state index in [9.17, 15) is 0 Å². The molecule has 0 aliphatic rings. The molecule has 0 fully saturated rings.